The third-order valence-corrected chi connectivity index (χ3v) is 6.79. The number of ether oxygens (including phenoxy) is 1. The minimum absolute atomic E-state index is 0.0241. The minimum Gasteiger partial charge on any atom is -0.374 e. The number of benzene rings is 1. The van der Waals surface area contributed by atoms with E-state index in [9.17, 15) is 18.0 Å². The quantitative estimate of drug-likeness (QED) is 0.671. The molecule has 1 aromatic carbocycles. The lowest BCUT2D eigenvalue weighted by Gasteiger charge is -2.37. The smallest absolute Gasteiger partial charge is 0.277 e. The van der Waals surface area contributed by atoms with Crippen molar-refractivity contribution in [2.75, 3.05) is 30.9 Å². The van der Waals surface area contributed by atoms with Crippen LogP contribution in [0, 0.1) is 5.92 Å². The zero-order chi connectivity index (χ0) is 22.2. The zero-order valence-electron chi connectivity index (χ0n) is 17.4. The van der Waals surface area contributed by atoms with Gasteiger partial charge in [-0.25, -0.2) is 8.42 Å². The van der Waals surface area contributed by atoms with Crippen LogP contribution in [0.5, 0.6) is 0 Å². The van der Waals surface area contributed by atoms with E-state index in [0.717, 1.165) is 6.26 Å². The van der Waals surface area contributed by atoms with Crippen LogP contribution in [0.15, 0.2) is 28.0 Å². The van der Waals surface area contributed by atoms with Crippen molar-refractivity contribution in [3.8, 4) is 0 Å². The van der Waals surface area contributed by atoms with E-state index in [1.54, 1.807) is 6.92 Å². The van der Waals surface area contributed by atoms with E-state index in [2.05, 4.69) is 5.10 Å². The standard InChI is InChI=1S/C20H26ClN3O5S/c1-5-24-20(26)14(10-22-24)19(25)13-6-7-16(30(4,27)28)18(17(13)21)23-8-9-29-15(11-23)12(2)3/h6-7,10,12,15,22H,5,8-9,11H2,1-4H3. The number of anilines is 1. The van der Waals surface area contributed by atoms with Crippen LogP contribution in [0.4, 0.5) is 5.69 Å². The van der Waals surface area contributed by atoms with Gasteiger partial charge in [0.15, 0.2) is 9.84 Å². The number of nitrogens with zero attached hydrogens (tertiary/aromatic N) is 2. The molecule has 8 nitrogen and oxygen atoms in total. The number of halogens is 1. The van der Waals surface area contributed by atoms with Gasteiger partial charge in [0.2, 0.25) is 5.78 Å². The Kier molecular flexibility index (Phi) is 6.45. The molecule has 1 fully saturated rings. The first-order chi connectivity index (χ1) is 14.1. The second-order valence-corrected chi connectivity index (χ2v) is 10.1. The summed E-state index contributed by atoms with van der Waals surface area (Å²) in [7, 11) is -3.61. The molecule has 1 aliphatic rings. The molecule has 2 heterocycles. The van der Waals surface area contributed by atoms with Gasteiger partial charge in [0.05, 0.1) is 28.3 Å². The lowest BCUT2D eigenvalue weighted by Crippen LogP contribution is -2.45. The number of rotatable bonds is 6. The van der Waals surface area contributed by atoms with Crippen molar-refractivity contribution in [3.05, 3.63) is 44.8 Å². The van der Waals surface area contributed by atoms with Gasteiger partial charge < -0.3 is 14.7 Å². The monoisotopic (exact) mass is 455 g/mol. The van der Waals surface area contributed by atoms with Crippen molar-refractivity contribution < 1.29 is 17.9 Å². The van der Waals surface area contributed by atoms with Crippen molar-refractivity contribution in [1.82, 2.24) is 9.78 Å². The van der Waals surface area contributed by atoms with Gasteiger partial charge in [-0.05, 0) is 25.0 Å². The number of morpholine rings is 1. The normalized spacial score (nSPS) is 17.5. The molecular weight excluding hydrogens is 430 g/mol. The average Bonchev–Trinajstić information content (AvgIpc) is 3.07. The zero-order valence-corrected chi connectivity index (χ0v) is 19.0. The van der Waals surface area contributed by atoms with Crippen molar-refractivity contribution in [2.45, 2.75) is 38.3 Å². The van der Waals surface area contributed by atoms with E-state index in [0.29, 0.717) is 26.2 Å². The molecule has 0 aliphatic carbocycles. The number of aromatic amines is 1. The SMILES string of the molecule is CCn1[nH]cc(C(=O)c2ccc(S(C)(=O)=O)c(N3CCOC(C(C)C)C3)c2Cl)c1=O. The van der Waals surface area contributed by atoms with Crippen LogP contribution in [-0.2, 0) is 21.1 Å². The van der Waals surface area contributed by atoms with Crippen LogP contribution < -0.4 is 10.5 Å². The largest absolute Gasteiger partial charge is 0.374 e. The summed E-state index contributed by atoms with van der Waals surface area (Å²) >= 11 is 6.63. The summed E-state index contributed by atoms with van der Waals surface area (Å²) < 4.78 is 32.0. The molecule has 30 heavy (non-hydrogen) atoms. The maximum absolute atomic E-state index is 13.1. The minimum atomic E-state index is -3.61. The van der Waals surface area contributed by atoms with Gasteiger partial charge in [-0.3, -0.25) is 14.3 Å². The molecule has 0 amide bonds. The molecule has 1 N–H and O–H groups in total. The summed E-state index contributed by atoms with van der Waals surface area (Å²) in [6.07, 6.45) is 2.36. The third-order valence-electron chi connectivity index (χ3n) is 5.28. The molecule has 1 aromatic heterocycles. The van der Waals surface area contributed by atoms with E-state index in [1.807, 2.05) is 18.7 Å². The molecular formula is C20H26ClN3O5S. The number of hydrogen-bond donors (Lipinski definition) is 1. The first-order valence-corrected chi connectivity index (χ1v) is 12.0. The van der Waals surface area contributed by atoms with Crippen molar-refractivity contribution >= 4 is 32.9 Å². The molecule has 1 saturated heterocycles. The van der Waals surface area contributed by atoms with Gasteiger partial charge in [-0.2, -0.15) is 0 Å². The molecule has 0 spiro atoms. The van der Waals surface area contributed by atoms with Crippen LogP contribution in [0.25, 0.3) is 0 Å². The fraction of sp³-hybridized carbons (Fsp3) is 0.500. The Morgan fingerprint density at radius 2 is 2.03 bits per heavy atom. The number of carbonyl (C=O) groups excluding carboxylic acids is 1. The summed E-state index contributed by atoms with van der Waals surface area (Å²) in [6.45, 7) is 7.53. The highest BCUT2D eigenvalue weighted by Gasteiger charge is 2.31. The highest BCUT2D eigenvalue weighted by atomic mass is 35.5. The molecule has 164 valence electrons. The Bertz CT molecular complexity index is 1120. The van der Waals surface area contributed by atoms with Gasteiger partial charge in [0.1, 0.15) is 5.56 Å². The Morgan fingerprint density at radius 1 is 1.33 bits per heavy atom. The van der Waals surface area contributed by atoms with E-state index in [4.69, 9.17) is 16.3 Å². The second-order valence-electron chi connectivity index (χ2n) is 7.71. The van der Waals surface area contributed by atoms with Crippen LogP contribution >= 0.6 is 11.6 Å². The van der Waals surface area contributed by atoms with Gasteiger partial charge in [0, 0.05) is 37.7 Å². The molecule has 10 heteroatoms. The lowest BCUT2D eigenvalue weighted by atomic mass is 10.0. The molecule has 1 aliphatic heterocycles. The third kappa shape index (κ3) is 4.19. The number of carbonyl (C=O) groups is 1. The molecule has 0 saturated carbocycles. The van der Waals surface area contributed by atoms with E-state index >= 15 is 0 Å². The highest BCUT2D eigenvalue weighted by Crippen LogP contribution is 2.38. The molecule has 2 aromatic rings. The second kappa shape index (κ2) is 8.56. The average molecular weight is 456 g/mol. The number of sulfone groups is 1. The van der Waals surface area contributed by atoms with Crippen LogP contribution in [0.2, 0.25) is 5.02 Å². The summed E-state index contributed by atoms with van der Waals surface area (Å²) in [5, 5.41) is 2.77. The molecule has 1 unspecified atom stereocenters. The number of nitrogens with one attached hydrogen (secondary N) is 1. The van der Waals surface area contributed by atoms with E-state index in [-0.39, 0.29) is 38.8 Å². The van der Waals surface area contributed by atoms with Crippen molar-refractivity contribution in [2.24, 2.45) is 5.92 Å². The Balaban J connectivity index is 2.14. The van der Waals surface area contributed by atoms with E-state index in [1.165, 1.54) is 23.0 Å². The first kappa shape index (κ1) is 22.6. The Hall–Kier alpha value is -2.10. The van der Waals surface area contributed by atoms with Gasteiger partial charge in [-0.1, -0.05) is 25.4 Å². The number of hydrogen-bond acceptors (Lipinski definition) is 6. The molecule has 0 bridgehead atoms. The summed E-state index contributed by atoms with van der Waals surface area (Å²) in [5.41, 5.74) is -0.117. The van der Waals surface area contributed by atoms with Crippen molar-refractivity contribution in [1.29, 1.82) is 0 Å². The molecule has 3 rings (SSSR count). The summed E-state index contributed by atoms with van der Waals surface area (Å²) in [6, 6.07) is 2.75. The topological polar surface area (TPSA) is 101 Å². The van der Waals surface area contributed by atoms with Gasteiger partial charge in [-0.15, -0.1) is 0 Å². The number of aryl methyl sites for hydroxylation is 1. The fourth-order valence-electron chi connectivity index (χ4n) is 3.55. The van der Waals surface area contributed by atoms with Crippen LogP contribution in [0.1, 0.15) is 36.7 Å². The maximum atomic E-state index is 13.1. The predicted octanol–water partition coefficient (Wildman–Crippen LogP) is 2.35. The Morgan fingerprint density at radius 3 is 2.60 bits per heavy atom. The number of ketones is 1. The number of H-pyrrole nitrogens is 1. The predicted molar refractivity (Wildman–Crippen MR) is 116 cm³/mol. The van der Waals surface area contributed by atoms with Crippen molar-refractivity contribution in [3.63, 3.8) is 0 Å². The highest BCUT2D eigenvalue weighted by molar-refractivity contribution is 7.90. The lowest BCUT2D eigenvalue weighted by molar-refractivity contribution is 0.0113. The first-order valence-electron chi connectivity index (χ1n) is 9.78. The summed E-state index contributed by atoms with van der Waals surface area (Å²) in [5.74, 6) is -0.325. The van der Waals surface area contributed by atoms with Gasteiger partial charge >= 0.3 is 0 Å². The van der Waals surface area contributed by atoms with E-state index < -0.39 is 21.2 Å². The maximum Gasteiger partial charge on any atom is 0.277 e. The Labute approximate surface area is 180 Å². The fourth-order valence-corrected chi connectivity index (χ4v) is 4.87. The van der Waals surface area contributed by atoms with Crippen LogP contribution in [-0.4, -0.2) is 56.0 Å². The summed E-state index contributed by atoms with van der Waals surface area (Å²) in [4.78, 5) is 27.4. The molecule has 1 atom stereocenters. The number of aromatic nitrogens is 2. The van der Waals surface area contributed by atoms with Gasteiger partial charge in [0.25, 0.3) is 5.56 Å². The van der Waals surface area contributed by atoms with Crippen LogP contribution in [0.3, 0.4) is 0 Å². The molecule has 0 radical (unpaired) electrons.